The second kappa shape index (κ2) is 8.04. The summed E-state index contributed by atoms with van der Waals surface area (Å²) in [6.45, 7) is 0. The third kappa shape index (κ3) is 4.74. The zero-order valence-corrected chi connectivity index (χ0v) is 15.1. The molecule has 9 heteroatoms. The van der Waals surface area contributed by atoms with Crippen LogP contribution in [0.2, 0.25) is 5.02 Å². The number of allylic oxidation sites excluding steroid dienone is 1. The van der Waals surface area contributed by atoms with Crippen molar-refractivity contribution in [3.05, 3.63) is 58.7 Å². The molecule has 0 atom stereocenters. The molecule has 0 aromatic heterocycles. The van der Waals surface area contributed by atoms with E-state index in [1.165, 1.54) is 35.3 Å². The van der Waals surface area contributed by atoms with Gasteiger partial charge in [0.05, 0.1) is 9.29 Å². The molecule has 0 aliphatic carbocycles. The third-order valence-electron chi connectivity index (χ3n) is 2.33. The first-order valence-corrected chi connectivity index (χ1v) is 9.54. The van der Waals surface area contributed by atoms with E-state index in [4.69, 9.17) is 34.8 Å². The van der Waals surface area contributed by atoms with Gasteiger partial charge in [0.25, 0.3) is 0 Å². The Balaban J connectivity index is 2.42. The molecule has 0 spiro atoms. The van der Waals surface area contributed by atoms with Gasteiger partial charge in [-0.05, 0) is 24.3 Å². The lowest BCUT2D eigenvalue weighted by Crippen LogP contribution is -2.04. The number of hydrogen-bond donors (Lipinski definition) is 0. The minimum atomic E-state index is -0.484. The van der Waals surface area contributed by atoms with Crippen LogP contribution in [-0.2, 0) is 0 Å². The Morgan fingerprint density at radius 3 is 2.33 bits per heavy atom. The summed E-state index contributed by atoms with van der Waals surface area (Å²) >= 11 is 21.9. The second-order valence-electron chi connectivity index (χ2n) is 3.73. The van der Waals surface area contributed by atoms with Gasteiger partial charge in [0.1, 0.15) is 9.27 Å². The normalized spacial score (nSPS) is 23.6. The molecule has 112 valence electrons. The number of rotatable bonds is 3. The Morgan fingerprint density at radius 1 is 1.10 bits per heavy atom. The Kier molecular flexibility index (Phi) is 6.65. The van der Waals surface area contributed by atoms with Crippen molar-refractivity contribution in [2.45, 2.75) is 4.90 Å². The molecule has 2 rings (SSSR count). The van der Waals surface area contributed by atoms with Crippen molar-refractivity contribution < 1.29 is 4.92 Å². The van der Waals surface area contributed by atoms with Gasteiger partial charge in [-0.15, -0.1) is 23.5 Å². The molecule has 0 fully saturated rings. The molecule has 0 N–H and O–H groups in total. The zero-order chi connectivity index (χ0) is 15.4. The van der Waals surface area contributed by atoms with E-state index < -0.39 is 4.92 Å². The van der Waals surface area contributed by atoms with Crippen LogP contribution in [0.1, 0.15) is 0 Å². The highest BCUT2D eigenvalue weighted by Crippen LogP contribution is 2.44. The molecular weight excluding hydrogens is 393 g/mol. The predicted octanol–water partition coefficient (Wildman–Crippen LogP) is 6.00. The first-order chi connectivity index (χ1) is 9.99. The van der Waals surface area contributed by atoms with Gasteiger partial charge in [-0.2, -0.15) is 0 Å². The van der Waals surface area contributed by atoms with E-state index >= 15 is 0 Å². The predicted molar refractivity (Wildman–Crippen MR) is 95.0 cm³/mol. The van der Waals surface area contributed by atoms with Crippen LogP contribution in [0.15, 0.2) is 48.5 Å². The number of nitrogens with zero attached hydrogens (tertiary/aromatic N) is 1. The third-order valence-corrected chi connectivity index (χ3v) is 7.15. The summed E-state index contributed by atoms with van der Waals surface area (Å²) in [5, 5.41) is 12.0. The van der Waals surface area contributed by atoms with Crippen LogP contribution >= 0.6 is 70.1 Å². The Bertz CT molecular complexity index is 617. The Labute approximate surface area is 149 Å². The van der Waals surface area contributed by atoms with E-state index in [0.29, 0.717) is 9.26 Å². The smallest absolute Gasteiger partial charge is 0.258 e. The van der Waals surface area contributed by atoms with Gasteiger partial charge >= 0.3 is 5.70 Å². The van der Waals surface area contributed by atoms with Crippen molar-refractivity contribution in [1.82, 2.24) is 0 Å². The number of nitro groups is 1. The fraction of sp³-hybridized carbons (Fsp3) is 0.167. The summed E-state index contributed by atoms with van der Waals surface area (Å²) in [6, 6.07) is 7.10. The first-order valence-electron chi connectivity index (χ1n) is 5.62. The highest BCUT2D eigenvalue weighted by Gasteiger charge is 2.28. The lowest BCUT2D eigenvalue weighted by molar-refractivity contribution is -0.419. The Morgan fingerprint density at radius 2 is 1.71 bits per heavy atom. The fourth-order valence-corrected chi connectivity index (χ4v) is 5.41. The van der Waals surface area contributed by atoms with Crippen LogP contribution in [0.3, 0.4) is 0 Å². The van der Waals surface area contributed by atoms with Gasteiger partial charge in [-0.3, -0.25) is 10.1 Å². The molecule has 1 aliphatic heterocycles. The fourth-order valence-electron chi connectivity index (χ4n) is 1.42. The van der Waals surface area contributed by atoms with Crippen molar-refractivity contribution >= 4 is 70.1 Å². The molecule has 1 aromatic carbocycles. The van der Waals surface area contributed by atoms with Crippen LogP contribution in [-0.4, -0.2) is 16.4 Å². The summed E-state index contributed by atoms with van der Waals surface area (Å²) in [5.41, 5.74) is -0.140. The number of hydrogen-bond acceptors (Lipinski definition) is 5. The van der Waals surface area contributed by atoms with Crippen LogP contribution in [0.25, 0.3) is 0 Å². The Hall–Kier alpha value is 0.0200. The van der Waals surface area contributed by atoms with Crippen molar-refractivity contribution in [3.8, 4) is 0 Å². The maximum Gasteiger partial charge on any atom is 0.310 e. The standard InChI is InChI=1S/C12H8Cl3NO2S3/c13-7-1-3-8(4-2-7)21-12-10(16(17)18)9(14)11(15)19-5-6-20-12/h1-4H,5-6H2/b11-9+,12-10-. The molecule has 3 nitrogen and oxygen atoms in total. The van der Waals surface area contributed by atoms with E-state index in [1.54, 1.807) is 12.1 Å². The quantitative estimate of drug-likeness (QED) is 0.459. The molecule has 1 aliphatic rings. The van der Waals surface area contributed by atoms with Gasteiger partial charge in [0.2, 0.25) is 0 Å². The summed E-state index contributed by atoms with van der Waals surface area (Å²) in [7, 11) is 0. The highest BCUT2D eigenvalue weighted by molar-refractivity contribution is 8.22. The van der Waals surface area contributed by atoms with Crippen molar-refractivity contribution in [2.24, 2.45) is 0 Å². The molecule has 0 amide bonds. The maximum absolute atomic E-state index is 11.3. The van der Waals surface area contributed by atoms with Crippen LogP contribution < -0.4 is 0 Å². The largest absolute Gasteiger partial charge is 0.310 e. The van der Waals surface area contributed by atoms with Crippen molar-refractivity contribution in [2.75, 3.05) is 11.5 Å². The van der Waals surface area contributed by atoms with E-state index in [2.05, 4.69) is 0 Å². The molecule has 1 heterocycles. The number of benzene rings is 1. The lowest BCUT2D eigenvalue weighted by atomic mass is 10.4. The first kappa shape index (κ1) is 17.4. The van der Waals surface area contributed by atoms with Gasteiger partial charge in [-0.1, -0.05) is 46.6 Å². The zero-order valence-electron chi connectivity index (χ0n) is 10.3. The van der Waals surface area contributed by atoms with E-state index in [-0.39, 0.29) is 15.1 Å². The highest BCUT2D eigenvalue weighted by atomic mass is 35.5. The van der Waals surface area contributed by atoms with Crippen LogP contribution in [0.5, 0.6) is 0 Å². The summed E-state index contributed by atoms with van der Waals surface area (Å²) in [6.07, 6.45) is 0. The van der Waals surface area contributed by atoms with Crippen LogP contribution in [0.4, 0.5) is 0 Å². The van der Waals surface area contributed by atoms with Gasteiger partial charge in [0.15, 0.2) is 0 Å². The average molecular weight is 401 g/mol. The maximum atomic E-state index is 11.3. The van der Waals surface area contributed by atoms with E-state index in [9.17, 15) is 10.1 Å². The average Bonchev–Trinajstić information content (AvgIpc) is 2.43. The molecule has 0 radical (unpaired) electrons. The summed E-state index contributed by atoms with van der Waals surface area (Å²) < 4.78 is 0.795. The minimum Gasteiger partial charge on any atom is -0.258 e. The van der Waals surface area contributed by atoms with E-state index in [1.807, 2.05) is 12.1 Å². The molecule has 0 bridgehead atoms. The SMILES string of the molecule is O=[N+]([O-])C1=C(\Sc2ccc(Cl)cc2)SCCS/C(Cl)=C\1Cl. The van der Waals surface area contributed by atoms with Crippen molar-refractivity contribution in [1.29, 1.82) is 0 Å². The van der Waals surface area contributed by atoms with Gasteiger partial charge in [0, 0.05) is 21.4 Å². The number of halogens is 3. The molecule has 0 unspecified atom stereocenters. The molecular formula is C12H8Cl3NO2S3. The molecule has 21 heavy (non-hydrogen) atoms. The lowest BCUT2D eigenvalue weighted by Gasteiger charge is -2.12. The minimum absolute atomic E-state index is 0.00432. The van der Waals surface area contributed by atoms with E-state index in [0.717, 1.165) is 16.4 Å². The topological polar surface area (TPSA) is 43.1 Å². The monoisotopic (exact) mass is 399 g/mol. The molecule has 0 saturated carbocycles. The second-order valence-corrected chi connectivity index (χ2v) is 8.70. The molecule has 0 saturated heterocycles. The number of thioether (sulfide) groups is 3. The summed E-state index contributed by atoms with van der Waals surface area (Å²) in [5.74, 6) is 1.47. The summed E-state index contributed by atoms with van der Waals surface area (Å²) in [4.78, 5) is 11.7. The van der Waals surface area contributed by atoms with Crippen molar-refractivity contribution in [3.63, 3.8) is 0 Å². The van der Waals surface area contributed by atoms with Gasteiger partial charge < -0.3 is 0 Å². The van der Waals surface area contributed by atoms with Crippen LogP contribution in [0, 0.1) is 10.1 Å². The van der Waals surface area contributed by atoms with Gasteiger partial charge in [-0.25, -0.2) is 0 Å². The molecule has 1 aromatic rings.